The molecule has 1 aliphatic heterocycles. The maximum Gasteiger partial charge on any atom is 0.431 e. The molecule has 2 N–H and O–H groups in total. The van der Waals surface area contributed by atoms with Crippen LogP contribution in [0.2, 0.25) is 5.02 Å². The third-order valence-corrected chi connectivity index (χ3v) is 4.93. The molecule has 0 aromatic heterocycles. The molecule has 1 aliphatic carbocycles. The number of amidine groups is 1. The Morgan fingerprint density at radius 3 is 2.52 bits per heavy atom. The lowest BCUT2D eigenvalue weighted by Gasteiger charge is -2.26. The lowest BCUT2D eigenvalue weighted by atomic mass is 9.93. The van der Waals surface area contributed by atoms with E-state index in [-0.39, 0.29) is 29.3 Å². The van der Waals surface area contributed by atoms with Crippen molar-refractivity contribution in [1.29, 1.82) is 0 Å². The Labute approximate surface area is 177 Å². The number of carbonyl (C=O) groups is 1. The van der Waals surface area contributed by atoms with E-state index in [0.717, 1.165) is 12.1 Å². The number of carbonyl (C=O) groups excluding carboxylic acids is 1. The highest BCUT2D eigenvalue weighted by Crippen LogP contribution is 2.34. The maximum atomic E-state index is 13.6. The zero-order valence-electron chi connectivity index (χ0n) is 15.7. The van der Waals surface area contributed by atoms with E-state index in [2.05, 4.69) is 25.8 Å². The number of hydrogen-bond acceptors (Lipinski definition) is 3. The number of aliphatic imine (C=N–C) groups is 2. The lowest BCUT2D eigenvalue weighted by Crippen LogP contribution is -2.34. The van der Waals surface area contributed by atoms with Crippen LogP contribution in [0.5, 0.6) is 0 Å². The number of hydrazone groups is 1. The van der Waals surface area contributed by atoms with Gasteiger partial charge in [0.05, 0.1) is 17.5 Å². The van der Waals surface area contributed by atoms with Crippen molar-refractivity contribution in [3.05, 3.63) is 34.6 Å². The van der Waals surface area contributed by atoms with Gasteiger partial charge in [0.2, 0.25) is 11.9 Å². The first-order valence-electron chi connectivity index (χ1n) is 9.12. The number of halogens is 7. The van der Waals surface area contributed by atoms with Crippen LogP contribution in [0.3, 0.4) is 0 Å². The Morgan fingerprint density at radius 2 is 1.94 bits per heavy atom. The van der Waals surface area contributed by atoms with E-state index in [4.69, 9.17) is 11.6 Å². The summed E-state index contributed by atoms with van der Waals surface area (Å²) in [6, 6.07) is 2.62. The van der Waals surface area contributed by atoms with Crippen molar-refractivity contribution in [3.8, 4) is 0 Å². The van der Waals surface area contributed by atoms with Gasteiger partial charge in [-0.15, -0.1) is 0 Å². The minimum Gasteiger partial charge on any atom is -0.291 e. The topological polar surface area (TPSA) is 78.2 Å². The first kappa shape index (κ1) is 23.0. The number of alkyl halides is 5. The second-order valence-corrected chi connectivity index (χ2v) is 7.43. The molecule has 1 saturated carbocycles. The normalized spacial score (nSPS) is 21.1. The van der Waals surface area contributed by atoms with E-state index in [9.17, 15) is 31.1 Å². The summed E-state index contributed by atoms with van der Waals surface area (Å²) in [5.41, 5.74) is 0.853. The summed E-state index contributed by atoms with van der Waals surface area (Å²) in [7, 11) is 0. The standard InChI is InChI=1S/C18H16ClF6N5O/c19-11-2-1-9(7-12(11)20)15(31)28-16(26-10-3-5-17(21,22)6-4-10)27-14-8-13(29-30-14)18(23,24)25/h1-2,7,10H,3-6,8H2,(H2,26,27,28,30,31). The summed E-state index contributed by atoms with van der Waals surface area (Å²) in [6.45, 7) is 0. The number of nitrogens with zero attached hydrogens (tertiary/aromatic N) is 3. The lowest BCUT2D eigenvalue weighted by molar-refractivity contribution is -0.0596. The highest BCUT2D eigenvalue weighted by Gasteiger charge is 2.39. The van der Waals surface area contributed by atoms with Crippen molar-refractivity contribution in [2.24, 2.45) is 15.1 Å². The van der Waals surface area contributed by atoms with Crippen molar-refractivity contribution in [2.45, 2.75) is 50.2 Å². The van der Waals surface area contributed by atoms with Crippen molar-refractivity contribution >= 4 is 35.0 Å². The number of hydrogen-bond donors (Lipinski definition) is 2. The third kappa shape index (κ3) is 6.18. The average molecular weight is 468 g/mol. The minimum absolute atomic E-state index is 0.00449. The molecule has 1 heterocycles. The van der Waals surface area contributed by atoms with E-state index in [1.807, 2.05) is 0 Å². The van der Waals surface area contributed by atoms with E-state index in [1.165, 1.54) is 6.07 Å². The van der Waals surface area contributed by atoms with Gasteiger partial charge < -0.3 is 0 Å². The predicted molar refractivity (Wildman–Crippen MR) is 102 cm³/mol. The fourth-order valence-corrected chi connectivity index (χ4v) is 3.07. The molecular weight excluding hydrogens is 452 g/mol. The molecular formula is C18H16ClF6N5O. The quantitative estimate of drug-likeness (QED) is 0.383. The molecule has 0 atom stereocenters. The Hall–Kier alpha value is -2.63. The van der Waals surface area contributed by atoms with Crippen LogP contribution in [0, 0.1) is 5.82 Å². The number of benzene rings is 1. The Bertz CT molecular complexity index is 949. The molecule has 0 saturated heterocycles. The molecule has 0 bridgehead atoms. The van der Waals surface area contributed by atoms with Crippen molar-refractivity contribution in [2.75, 3.05) is 0 Å². The van der Waals surface area contributed by atoms with Gasteiger partial charge in [0.1, 0.15) is 17.4 Å². The summed E-state index contributed by atoms with van der Waals surface area (Å²) >= 11 is 5.58. The number of amides is 1. The number of guanidine groups is 1. The zero-order valence-corrected chi connectivity index (χ0v) is 16.5. The van der Waals surface area contributed by atoms with Gasteiger partial charge in [-0.25, -0.2) is 18.2 Å². The van der Waals surface area contributed by atoms with Crippen molar-refractivity contribution in [1.82, 2.24) is 10.7 Å². The second kappa shape index (κ2) is 8.85. The molecule has 0 unspecified atom stereocenters. The van der Waals surface area contributed by atoms with Crippen LogP contribution in [-0.4, -0.2) is 41.6 Å². The van der Waals surface area contributed by atoms with Crippen LogP contribution < -0.4 is 10.7 Å². The minimum atomic E-state index is -4.67. The van der Waals surface area contributed by atoms with Gasteiger partial charge in [0.25, 0.3) is 5.91 Å². The van der Waals surface area contributed by atoms with Gasteiger partial charge in [-0.05, 0) is 31.0 Å². The number of rotatable bonds is 2. The maximum absolute atomic E-state index is 13.6. The predicted octanol–water partition coefficient (Wildman–Crippen LogP) is 4.45. The van der Waals surface area contributed by atoms with Crippen molar-refractivity contribution in [3.63, 3.8) is 0 Å². The molecule has 1 aromatic rings. The smallest absolute Gasteiger partial charge is 0.291 e. The first-order chi connectivity index (χ1) is 14.4. The number of nitrogens with one attached hydrogen (secondary N) is 2. The van der Waals surface area contributed by atoms with E-state index >= 15 is 0 Å². The first-order valence-corrected chi connectivity index (χ1v) is 9.50. The van der Waals surface area contributed by atoms with Gasteiger partial charge in [0.15, 0.2) is 0 Å². The third-order valence-electron chi connectivity index (χ3n) is 4.62. The molecule has 6 nitrogen and oxygen atoms in total. The molecule has 2 aliphatic rings. The summed E-state index contributed by atoms with van der Waals surface area (Å²) in [5, 5.41) is 5.22. The molecule has 0 spiro atoms. The highest BCUT2D eigenvalue weighted by molar-refractivity contribution is 6.30. The van der Waals surface area contributed by atoms with Crippen LogP contribution in [0.15, 0.2) is 33.3 Å². The largest absolute Gasteiger partial charge is 0.431 e. The second-order valence-electron chi connectivity index (χ2n) is 7.03. The fourth-order valence-electron chi connectivity index (χ4n) is 2.95. The van der Waals surface area contributed by atoms with Crippen LogP contribution in [0.25, 0.3) is 0 Å². The summed E-state index contributed by atoms with van der Waals surface area (Å²) < 4.78 is 78.7. The highest BCUT2D eigenvalue weighted by atomic mass is 35.5. The van der Waals surface area contributed by atoms with Gasteiger partial charge in [-0.3, -0.25) is 15.5 Å². The molecule has 1 fully saturated rings. The Morgan fingerprint density at radius 1 is 1.26 bits per heavy atom. The molecule has 31 heavy (non-hydrogen) atoms. The fraction of sp³-hybridized carbons (Fsp3) is 0.444. The van der Waals surface area contributed by atoms with E-state index < -0.39 is 60.8 Å². The van der Waals surface area contributed by atoms with Gasteiger partial charge >= 0.3 is 6.18 Å². The summed E-state index contributed by atoms with van der Waals surface area (Å²) in [6.07, 6.45) is -6.17. The van der Waals surface area contributed by atoms with Gasteiger partial charge in [-0.2, -0.15) is 23.3 Å². The molecule has 3 rings (SSSR count). The van der Waals surface area contributed by atoms with Crippen molar-refractivity contribution < 1.29 is 31.1 Å². The van der Waals surface area contributed by atoms with Gasteiger partial charge in [-0.1, -0.05) is 11.6 Å². The molecule has 0 radical (unpaired) electrons. The zero-order chi connectivity index (χ0) is 22.8. The summed E-state index contributed by atoms with van der Waals surface area (Å²) in [5.74, 6) is -5.15. The molecule has 1 aromatic carbocycles. The summed E-state index contributed by atoms with van der Waals surface area (Å²) in [4.78, 5) is 20.4. The van der Waals surface area contributed by atoms with Crippen LogP contribution in [-0.2, 0) is 0 Å². The van der Waals surface area contributed by atoms with E-state index in [0.29, 0.717) is 0 Å². The monoisotopic (exact) mass is 467 g/mol. The average Bonchev–Trinajstić information content (AvgIpc) is 3.14. The van der Waals surface area contributed by atoms with E-state index in [1.54, 1.807) is 0 Å². The Kier molecular flexibility index (Phi) is 6.58. The molecule has 13 heteroatoms. The molecule has 168 valence electrons. The van der Waals surface area contributed by atoms with Gasteiger partial charge in [0, 0.05) is 18.4 Å². The van der Waals surface area contributed by atoms with Crippen LogP contribution in [0.4, 0.5) is 26.3 Å². The molecule has 1 amide bonds. The van der Waals surface area contributed by atoms with Crippen LogP contribution in [0.1, 0.15) is 42.5 Å². The van der Waals surface area contributed by atoms with Crippen LogP contribution >= 0.6 is 11.6 Å². The Balaban J connectivity index is 1.81. The SMILES string of the molecule is O=C(NC(N=C1CC(C(F)(F)F)=NN1)=NC1CCC(F)(F)CC1)c1ccc(Cl)c(F)c1.